The summed E-state index contributed by atoms with van der Waals surface area (Å²) in [6.45, 7) is 0. The zero-order valence-corrected chi connectivity index (χ0v) is 11.9. The smallest absolute Gasteiger partial charge is 0.161 e. The van der Waals surface area contributed by atoms with Crippen LogP contribution in [-0.4, -0.2) is 7.05 Å². The molecule has 0 spiro atoms. The third-order valence-corrected chi connectivity index (χ3v) is 3.59. The van der Waals surface area contributed by atoms with Gasteiger partial charge in [0.05, 0.1) is 6.04 Å². The van der Waals surface area contributed by atoms with Gasteiger partial charge in [0.1, 0.15) is 5.82 Å². The van der Waals surface area contributed by atoms with Crippen LogP contribution in [0.15, 0.2) is 30.3 Å². The molecule has 0 fully saturated rings. The van der Waals surface area contributed by atoms with Crippen LogP contribution in [0.3, 0.4) is 0 Å². The van der Waals surface area contributed by atoms with Crippen molar-refractivity contribution in [3.8, 4) is 0 Å². The number of rotatable bonds is 3. The summed E-state index contributed by atoms with van der Waals surface area (Å²) in [5, 5.41) is 3.42. The van der Waals surface area contributed by atoms with Gasteiger partial charge in [0, 0.05) is 27.2 Å². The highest BCUT2D eigenvalue weighted by atomic mass is 35.5. The second-order valence-corrected chi connectivity index (χ2v) is 4.96. The number of nitrogens with one attached hydrogen (secondary N) is 1. The lowest BCUT2D eigenvalue weighted by Crippen LogP contribution is -2.20. The summed E-state index contributed by atoms with van der Waals surface area (Å²) in [5.41, 5.74) is 0.338. The monoisotopic (exact) mass is 319 g/mol. The van der Waals surface area contributed by atoms with Gasteiger partial charge in [-0.1, -0.05) is 29.3 Å². The molecule has 0 bridgehead atoms. The molecule has 0 aliphatic rings. The molecular weight excluding hydrogens is 310 g/mol. The molecule has 1 atom stereocenters. The van der Waals surface area contributed by atoms with Crippen LogP contribution in [-0.2, 0) is 0 Å². The van der Waals surface area contributed by atoms with Crippen molar-refractivity contribution in [1.82, 2.24) is 5.32 Å². The van der Waals surface area contributed by atoms with E-state index in [1.54, 1.807) is 25.2 Å². The van der Waals surface area contributed by atoms with E-state index < -0.39 is 23.5 Å². The summed E-state index contributed by atoms with van der Waals surface area (Å²) in [4.78, 5) is 0. The van der Waals surface area contributed by atoms with Crippen molar-refractivity contribution >= 4 is 23.2 Å². The lowest BCUT2D eigenvalue weighted by Gasteiger charge is -2.20. The van der Waals surface area contributed by atoms with Gasteiger partial charge in [0.15, 0.2) is 11.6 Å². The number of benzene rings is 2. The summed E-state index contributed by atoms with van der Waals surface area (Å²) in [6, 6.07) is 5.33. The van der Waals surface area contributed by atoms with Gasteiger partial charge in [0.2, 0.25) is 0 Å². The molecule has 0 saturated heterocycles. The minimum absolute atomic E-state index is 0.0681. The Bertz CT molecular complexity index is 626. The first kappa shape index (κ1) is 15.2. The van der Waals surface area contributed by atoms with Gasteiger partial charge in [0.25, 0.3) is 0 Å². The van der Waals surface area contributed by atoms with E-state index in [-0.39, 0.29) is 5.56 Å². The van der Waals surface area contributed by atoms with Crippen LogP contribution in [0.2, 0.25) is 10.0 Å². The Kier molecular flexibility index (Phi) is 4.58. The highest BCUT2D eigenvalue weighted by molar-refractivity contribution is 6.36. The van der Waals surface area contributed by atoms with E-state index in [1.165, 1.54) is 0 Å². The predicted molar refractivity (Wildman–Crippen MR) is 73.7 cm³/mol. The second-order valence-electron chi connectivity index (χ2n) is 4.14. The molecule has 0 radical (unpaired) electrons. The lowest BCUT2D eigenvalue weighted by molar-refractivity contribution is 0.483. The summed E-state index contributed by atoms with van der Waals surface area (Å²) >= 11 is 12.1. The van der Waals surface area contributed by atoms with Crippen molar-refractivity contribution in [2.45, 2.75) is 6.04 Å². The maximum absolute atomic E-state index is 13.9. The van der Waals surface area contributed by atoms with E-state index in [0.717, 1.165) is 6.07 Å². The number of halogens is 5. The standard InChI is InChI=1S/C14H10Cl2F3N/c1-20-14(13-8(15)3-2-4-9(13)16)7-5-11(18)12(19)6-10(7)17/h2-6,14,20H,1H3. The topological polar surface area (TPSA) is 12.0 Å². The normalized spacial score (nSPS) is 12.5. The molecule has 1 unspecified atom stereocenters. The fraction of sp³-hybridized carbons (Fsp3) is 0.143. The van der Waals surface area contributed by atoms with E-state index in [4.69, 9.17) is 23.2 Å². The zero-order valence-electron chi connectivity index (χ0n) is 10.4. The minimum atomic E-state index is -1.24. The van der Waals surface area contributed by atoms with Gasteiger partial charge in [-0.05, 0) is 25.2 Å². The van der Waals surface area contributed by atoms with Crippen molar-refractivity contribution in [3.63, 3.8) is 0 Å². The van der Waals surface area contributed by atoms with E-state index in [9.17, 15) is 13.2 Å². The van der Waals surface area contributed by atoms with Crippen molar-refractivity contribution in [1.29, 1.82) is 0 Å². The van der Waals surface area contributed by atoms with Crippen LogP contribution in [0.25, 0.3) is 0 Å². The van der Waals surface area contributed by atoms with Gasteiger partial charge in [-0.3, -0.25) is 0 Å². The Morgan fingerprint density at radius 2 is 1.50 bits per heavy atom. The average molecular weight is 320 g/mol. The number of hydrogen-bond donors (Lipinski definition) is 1. The van der Waals surface area contributed by atoms with E-state index in [2.05, 4.69) is 5.32 Å². The fourth-order valence-corrected chi connectivity index (χ4v) is 2.62. The van der Waals surface area contributed by atoms with Crippen molar-refractivity contribution in [2.75, 3.05) is 7.05 Å². The van der Waals surface area contributed by atoms with Crippen LogP contribution in [0, 0.1) is 17.5 Å². The maximum atomic E-state index is 13.9. The zero-order chi connectivity index (χ0) is 14.9. The molecule has 0 saturated carbocycles. The van der Waals surface area contributed by atoms with Gasteiger partial charge >= 0.3 is 0 Å². The molecule has 1 nitrogen and oxygen atoms in total. The summed E-state index contributed by atoms with van der Waals surface area (Å²) in [6.07, 6.45) is 0. The molecule has 1 N–H and O–H groups in total. The van der Waals surface area contributed by atoms with Crippen LogP contribution in [0.1, 0.15) is 17.2 Å². The van der Waals surface area contributed by atoms with E-state index >= 15 is 0 Å². The lowest BCUT2D eigenvalue weighted by atomic mass is 9.98. The van der Waals surface area contributed by atoms with E-state index in [1.807, 2.05) is 0 Å². The quantitative estimate of drug-likeness (QED) is 0.807. The highest BCUT2D eigenvalue weighted by Crippen LogP contribution is 2.35. The van der Waals surface area contributed by atoms with Crippen molar-refractivity contribution in [2.24, 2.45) is 0 Å². The van der Waals surface area contributed by atoms with Crippen LogP contribution >= 0.6 is 23.2 Å². The molecule has 20 heavy (non-hydrogen) atoms. The van der Waals surface area contributed by atoms with Crippen LogP contribution in [0.5, 0.6) is 0 Å². The molecule has 106 valence electrons. The molecule has 0 heterocycles. The molecule has 0 aliphatic heterocycles. The summed E-state index contributed by atoms with van der Waals surface area (Å²) in [7, 11) is 1.55. The second kappa shape index (κ2) is 6.04. The minimum Gasteiger partial charge on any atom is -0.309 e. The Morgan fingerprint density at radius 1 is 0.950 bits per heavy atom. The maximum Gasteiger partial charge on any atom is 0.161 e. The van der Waals surface area contributed by atoms with Gasteiger partial charge in [-0.25, -0.2) is 13.2 Å². The first-order chi connectivity index (χ1) is 9.45. The molecular formula is C14H10Cl2F3N. The van der Waals surface area contributed by atoms with Crippen LogP contribution < -0.4 is 5.32 Å². The molecule has 2 aromatic rings. The summed E-state index contributed by atoms with van der Waals surface area (Å²) in [5.74, 6) is -3.25. The number of hydrogen-bond acceptors (Lipinski definition) is 1. The molecule has 2 rings (SSSR count). The molecule has 2 aromatic carbocycles. The Balaban J connectivity index is 2.62. The first-order valence-corrected chi connectivity index (χ1v) is 6.47. The Hall–Kier alpha value is -1.23. The first-order valence-electron chi connectivity index (χ1n) is 5.71. The molecule has 6 heteroatoms. The van der Waals surface area contributed by atoms with Crippen molar-refractivity contribution in [3.05, 3.63) is 69.0 Å². The third-order valence-electron chi connectivity index (χ3n) is 2.93. The third kappa shape index (κ3) is 2.77. The molecule has 0 aromatic heterocycles. The van der Waals surface area contributed by atoms with Gasteiger partial charge in [-0.2, -0.15) is 0 Å². The van der Waals surface area contributed by atoms with Gasteiger partial charge < -0.3 is 5.32 Å². The predicted octanol–water partition coefficient (Wildman–Crippen LogP) is 4.72. The SMILES string of the molecule is CNC(c1cc(F)c(F)cc1F)c1c(Cl)cccc1Cl. The van der Waals surface area contributed by atoms with Gasteiger partial charge in [-0.15, -0.1) is 0 Å². The Labute approximate surface area is 124 Å². The highest BCUT2D eigenvalue weighted by Gasteiger charge is 2.23. The molecule has 0 aliphatic carbocycles. The average Bonchev–Trinajstić information content (AvgIpc) is 2.39. The Morgan fingerprint density at radius 3 is 2.05 bits per heavy atom. The van der Waals surface area contributed by atoms with Crippen molar-refractivity contribution < 1.29 is 13.2 Å². The fourth-order valence-electron chi connectivity index (χ4n) is 2.00. The summed E-state index contributed by atoms with van der Waals surface area (Å²) < 4.78 is 40.2. The van der Waals surface area contributed by atoms with Crippen LogP contribution in [0.4, 0.5) is 13.2 Å². The largest absolute Gasteiger partial charge is 0.309 e. The van der Waals surface area contributed by atoms with E-state index in [0.29, 0.717) is 21.7 Å². The molecule has 0 amide bonds.